The van der Waals surface area contributed by atoms with Gasteiger partial charge in [-0.1, -0.05) is 11.8 Å². The predicted molar refractivity (Wildman–Crippen MR) is 125 cm³/mol. The van der Waals surface area contributed by atoms with E-state index in [0.717, 1.165) is 32.5 Å². The Labute approximate surface area is 185 Å². The van der Waals surface area contributed by atoms with Crippen LogP contribution in [-0.4, -0.2) is 39.0 Å². The molecule has 4 rings (SSSR count). The summed E-state index contributed by atoms with van der Waals surface area (Å²) >= 11 is 1.63. The number of nitrogens with zero attached hydrogens (tertiary/aromatic N) is 4. The molecule has 31 heavy (non-hydrogen) atoms. The zero-order chi connectivity index (χ0) is 22.3. The minimum absolute atomic E-state index is 0.0437. The molecule has 1 aliphatic rings. The number of carbonyl (C=O) groups excluding carboxylic acids is 1. The number of amides is 1. The smallest absolute Gasteiger partial charge is 0.269 e. The van der Waals surface area contributed by atoms with Gasteiger partial charge in [-0.25, -0.2) is 0 Å². The molecular formula is C23H22N4O3S. The Balaban J connectivity index is 1.84. The maximum atomic E-state index is 13.6. The minimum Gasteiger partial charge on any atom is -0.378 e. The molecule has 1 heterocycles. The molecule has 0 aromatic heterocycles. The van der Waals surface area contributed by atoms with Gasteiger partial charge in [-0.2, -0.15) is 0 Å². The Morgan fingerprint density at radius 2 is 1.32 bits per heavy atom. The maximum Gasteiger partial charge on any atom is 0.269 e. The highest BCUT2D eigenvalue weighted by atomic mass is 32.2. The number of nitro benzene ring substituents is 1. The van der Waals surface area contributed by atoms with Crippen molar-refractivity contribution in [2.24, 2.45) is 0 Å². The number of non-ortho nitro benzene ring substituents is 1. The molecule has 0 aliphatic carbocycles. The Morgan fingerprint density at radius 3 is 1.74 bits per heavy atom. The Kier molecular flexibility index (Phi) is 5.32. The van der Waals surface area contributed by atoms with Crippen molar-refractivity contribution < 1.29 is 9.72 Å². The van der Waals surface area contributed by atoms with E-state index in [-0.39, 0.29) is 11.6 Å². The van der Waals surface area contributed by atoms with Gasteiger partial charge in [-0.15, -0.1) is 0 Å². The van der Waals surface area contributed by atoms with E-state index in [0.29, 0.717) is 5.56 Å². The van der Waals surface area contributed by atoms with Gasteiger partial charge < -0.3 is 9.80 Å². The van der Waals surface area contributed by atoms with Crippen LogP contribution in [0.25, 0.3) is 0 Å². The van der Waals surface area contributed by atoms with Crippen molar-refractivity contribution in [2.75, 3.05) is 42.9 Å². The van der Waals surface area contributed by atoms with Gasteiger partial charge >= 0.3 is 0 Å². The molecule has 0 radical (unpaired) electrons. The molecular weight excluding hydrogens is 412 g/mol. The second-order valence-corrected chi connectivity index (χ2v) is 8.72. The summed E-state index contributed by atoms with van der Waals surface area (Å²) < 4.78 is 0. The highest BCUT2D eigenvalue weighted by Gasteiger charge is 2.30. The second kappa shape index (κ2) is 7.96. The number of rotatable bonds is 4. The predicted octanol–water partition coefficient (Wildman–Crippen LogP) is 5.17. The van der Waals surface area contributed by atoms with Gasteiger partial charge in [0.25, 0.3) is 11.6 Å². The number of benzene rings is 3. The van der Waals surface area contributed by atoms with Gasteiger partial charge in [0.1, 0.15) is 0 Å². The normalized spacial score (nSPS) is 12.1. The molecule has 3 aromatic rings. The van der Waals surface area contributed by atoms with Gasteiger partial charge in [0.2, 0.25) is 0 Å². The fourth-order valence-corrected chi connectivity index (χ4v) is 4.54. The molecule has 0 unspecified atom stereocenters. The summed E-state index contributed by atoms with van der Waals surface area (Å²) in [6, 6.07) is 17.7. The van der Waals surface area contributed by atoms with Crippen molar-refractivity contribution in [3.63, 3.8) is 0 Å². The SMILES string of the molecule is CN(C)c1ccc2c(c1)Sc1cc(N(C)C)ccc1N2C(=O)c1ccc([N+](=O)[O-])cc1. The number of nitro groups is 1. The summed E-state index contributed by atoms with van der Waals surface area (Å²) in [6.45, 7) is 0. The standard InChI is InChI=1S/C23H22N4O3S/c1-24(2)17-9-11-19-21(13-17)31-22-14-18(25(3)4)10-12-20(22)26(19)23(28)15-5-7-16(8-6-15)27(29)30/h5-14H,1-4H3. The summed E-state index contributed by atoms with van der Waals surface area (Å²) in [7, 11) is 7.92. The van der Waals surface area contributed by atoms with Crippen molar-refractivity contribution in [3.05, 3.63) is 76.3 Å². The monoisotopic (exact) mass is 434 g/mol. The lowest BCUT2D eigenvalue weighted by molar-refractivity contribution is -0.384. The number of hydrogen-bond acceptors (Lipinski definition) is 6. The lowest BCUT2D eigenvalue weighted by atomic mass is 10.1. The average Bonchev–Trinajstić information content (AvgIpc) is 2.76. The van der Waals surface area contributed by atoms with E-state index in [1.165, 1.54) is 24.3 Å². The van der Waals surface area contributed by atoms with Gasteiger partial charge in [-0.3, -0.25) is 19.8 Å². The summed E-state index contributed by atoms with van der Waals surface area (Å²) in [5.74, 6) is -0.229. The van der Waals surface area contributed by atoms with Crippen LogP contribution in [0.15, 0.2) is 70.5 Å². The van der Waals surface area contributed by atoms with E-state index in [4.69, 9.17) is 0 Å². The third kappa shape index (κ3) is 3.82. The van der Waals surface area contributed by atoms with Gasteiger partial charge in [-0.05, 0) is 48.5 Å². The van der Waals surface area contributed by atoms with E-state index in [9.17, 15) is 14.9 Å². The van der Waals surface area contributed by atoms with Crippen LogP contribution in [0.2, 0.25) is 0 Å². The first kappa shape index (κ1) is 20.7. The Bertz CT molecular complexity index is 1120. The number of anilines is 4. The van der Waals surface area contributed by atoms with Crippen molar-refractivity contribution in [1.29, 1.82) is 0 Å². The quantitative estimate of drug-likeness (QED) is 0.417. The zero-order valence-electron chi connectivity index (χ0n) is 17.7. The first-order valence-electron chi connectivity index (χ1n) is 9.66. The van der Waals surface area contributed by atoms with Crippen molar-refractivity contribution in [2.45, 2.75) is 9.79 Å². The van der Waals surface area contributed by atoms with E-state index < -0.39 is 4.92 Å². The van der Waals surface area contributed by atoms with Crippen molar-refractivity contribution in [3.8, 4) is 0 Å². The highest BCUT2D eigenvalue weighted by molar-refractivity contribution is 7.99. The molecule has 1 amide bonds. The average molecular weight is 435 g/mol. The molecule has 0 saturated heterocycles. The van der Waals surface area contributed by atoms with Crippen LogP contribution >= 0.6 is 11.8 Å². The molecule has 0 saturated carbocycles. The molecule has 0 N–H and O–H groups in total. The van der Waals surface area contributed by atoms with Crippen molar-refractivity contribution >= 4 is 46.1 Å². The van der Waals surface area contributed by atoms with Gasteiger partial charge in [0, 0.05) is 67.1 Å². The van der Waals surface area contributed by atoms with Crippen molar-refractivity contribution in [1.82, 2.24) is 0 Å². The number of fused-ring (bicyclic) bond motifs is 2. The van der Waals surface area contributed by atoms with Crippen LogP contribution in [0.1, 0.15) is 10.4 Å². The first-order chi connectivity index (χ1) is 14.8. The molecule has 0 spiro atoms. The second-order valence-electron chi connectivity index (χ2n) is 7.64. The summed E-state index contributed by atoms with van der Waals surface area (Å²) in [6.07, 6.45) is 0. The molecule has 8 heteroatoms. The number of carbonyl (C=O) groups is 1. The molecule has 3 aromatic carbocycles. The van der Waals surface area contributed by atoms with E-state index in [2.05, 4.69) is 12.1 Å². The Hall–Kier alpha value is -3.52. The third-order valence-electron chi connectivity index (χ3n) is 5.15. The fourth-order valence-electron chi connectivity index (χ4n) is 3.42. The lowest BCUT2D eigenvalue weighted by Crippen LogP contribution is -2.28. The van der Waals surface area contributed by atoms with E-state index in [1.807, 2.05) is 62.3 Å². The Morgan fingerprint density at radius 1 is 0.839 bits per heavy atom. The molecule has 158 valence electrons. The fraction of sp³-hybridized carbons (Fsp3) is 0.174. The van der Waals surface area contributed by atoms with Crippen LogP contribution in [0, 0.1) is 10.1 Å². The number of hydrogen-bond donors (Lipinski definition) is 0. The molecule has 0 bridgehead atoms. The van der Waals surface area contributed by atoms with Gasteiger partial charge in [0.15, 0.2) is 0 Å². The van der Waals surface area contributed by atoms with E-state index in [1.54, 1.807) is 16.7 Å². The molecule has 0 atom stereocenters. The van der Waals surface area contributed by atoms with Crippen LogP contribution < -0.4 is 14.7 Å². The first-order valence-corrected chi connectivity index (χ1v) is 10.5. The summed E-state index contributed by atoms with van der Waals surface area (Å²) in [5, 5.41) is 11.0. The molecule has 1 aliphatic heterocycles. The van der Waals surface area contributed by atoms with Crippen LogP contribution in [0.3, 0.4) is 0 Å². The van der Waals surface area contributed by atoms with Crippen LogP contribution in [0.5, 0.6) is 0 Å². The van der Waals surface area contributed by atoms with Crippen LogP contribution in [-0.2, 0) is 0 Å². The molecule has 7 nitrogen and oxygen atoms in total. The van der Waals surface area contributed by atoms with E-state index >= 15 is 0 Å². The van der Waals surface area contributed by atoms with Gasteiger partial charge in [0.05, 0.1) is 16.3 Å². The summed E-state index contributed by atoms with van der Waals surface area (Å²) in [4.78, 5) is 31.8. The minimum atomic E-state index is -0.470. The van der Waals surface area contributed by atoms with Crippen LogP contribution in [0.4, 0.5) is 28.4 Å². The maximum absolute atomic E-state index is 13.6. The summed E-state index contributed by atoms with van der Waals surface area (Å²) in [5.41, 5.74) is 4.02. The lowest BCUT2D eigenvalue weighted by Gasteiger charge is -2.32. The third-order valence-corrected chi connectivity index (χ3v) is 6.24. The largest absolute Gasteiger partial charge is 0.378 e. The highest BCUT2D eigenvalue weighted by Crippen LogP contribution is 2.50. The zero-order valence-corrected chi connectivity index (χ0v) is 18.5. The topological polar surface area (TPSA) is 69.9 Å². The molecule has 0 fully saturated rings.